The van der Waals surface area contributed by atoms with E-state index < -0.39 is 11.7 Å². The van der Waals surface area contributed by atoms with Gasteiger partial charge in [-0.3, -0.25) is 14.7 Å². The first-order chi connectivity index (χ1) is 15.3. The number of benzene rings is 1. The minimum absolute atomic E-state index is 0.108. The number of carbonyl (C=O) groups excluding carboxylic acids is 1. The second-order valence-corrected chi connectivity index (χ2v) is 8.60. The smallest absolute Gasteiger partial charge is 0.368 e. The molecule has 4 rings (SSSR count). The Morgan fingerprint density at radius 1 is 1.12 bits per heavy atom. The number of morpholine rings is 1. The van der Waals surface area contributed by atoms with E-state index in [0.29, 0.717) is 43.9 Å². The van der Waals surface area contributed by atoms with Crippen LogP contribution in [0, 0.1) is 6.92 Å². The molecule has 1 aromatic heterocycles. The highest BCUT2D eigenvalue weighted by molar-refractivity contribution is 5.78. The Kier molecular flexibility index (Phi) is 6.81. The number of halogens is 3. The van der Waals surface area contributed by atoms with Crippen molar-refractivity contribution in [2.75, 3.05) is 39.3 Å². The number of pyridine rings is 1. The summed E-state index contributed by atoms with van der Waals surface area (Å²) >= 11 is 0. The SMILES string of the molecule is Cc1cc(Cc2cccc(C(F)(F)F)c2)cc([C@@H]2CN(C(=O)CN3CCCC3)CCO2)n1. The first-order valence-electron chi connectivity index (χ1n) is 11.0. The van der Waals surface area contributed by atoms with Crippen LogP contribution in [0.3, 0.4) is 0 Å². The highest BCUT2D eigenvalue weighted by atomic mass is 19.4. The van der Waals surface area contributed by atoms with Gasteiger partial charge in [-0.15, -0.1) is 0 Å². The molecule has 0 saturated carbocycles. The van der Waals surface area contributed by atoms with Crippen LogP contribution in [0.5, 0.6) is 0 Å². The van der Waals surface area contributed by atoms with Crippen molar-refractivity contribution in [3.05, 3.63) is 64.5 Å². The first-order valence-corrected chi connectivity index (χ1v) is 11.0. The molecule has 0 aliphatic carbocycles. The van der Waals surface area contributed by atoms with Crippen molar-refractivity contribution < 1.29 is 22.7 Å². The number of carbonyl (C=O) groups is 1. The summed E-state index contributed by atoms with van der Waals surface area (Å²) in [6.45, 7) is 5.68. The molecule has 0 radical (unpaired) electrons. The van der Waals surface area contributed by atoms with E-state index in [9.17, 15) is 18.0 Å². The molecule has 3 heterocycles. The zero-order chi connectivity index (χ0) is 22.7. The summed E-state index contributed by atoms with van der Waals surface area (Å²) < 4.78 is 45.1. The van der Waals surface area contributed by atoms with Gasteiger partial charge >= 0.3 is 6.18 Å². The summed E-state index contributed by atoms with van der Waals surface area (Å²) in [4.78, 5) is 21.4. The number of hydrogen-bond donors (Lipinski definition) is 0. The number of nitrogens with zero attached hydrogens (tertiary/aromatic N) is 3. The molecule has 0 bridgehead atoms. The second-order valence-electron chi connectivity index (χ2n) is 8.60. The van der Waals surface area contributed by atoms with Crippen LogP contribution in [-0.2, 0) is 22.1 Å². The standard InChI is InChI=1S/C24H28F3N3O2/c1-17-11-19(12-18-5-4-6-20(13-18)24(25,26)27)14-21(28-17)22-15-30(9-10-32-22)23(31)16-29-7-2-3-8-29/h4-6,11,13-14,22H,2-3,7-10,12,15-16H2,1H3/t22-/m0/s1. The molecule has 1 amide bonds. The van der Waals surface area contributed by atoms with Crippen molar-refractivity contribution in [2.24, 2.45) is 0 Å². The van der Waals surface area contributed by atoms with Gasteiger partial charge in [-0.2, -0.15) is 13.2 Å². The van der Waals surface area contributed by atoms with Gasteiger partial charge < -0.3 is 9.64 Å². The van der Waals surface area contributed by atoms with Gasteiger partial charge in [0.25, 0.3) is 0 Å². The maximum absolute atomic E-state index is 13.0. The Labute approximate surface area is 186 Å². The molecule has 8 heteroatoms. The van der Waals surface area contributed by atoms with Gasteiger partial charge in [-0.25, -0.2) is 0 Å². The zero-order valence-corrected chi connectivity index (χ0v) is 18.2. The lowest BCUT2D eigenvalue weighted by Crippen LogP contribution is -2.46. The number of aryl methyl sites for hydroxylation is 1. The van der Waals surface area contributed by atoms with Crippen LogP contribution >= 0.6 is 0 Å². The van der Waals surface area contributed by atoms with Gasteiger partial charge in [0.15, 0.2) is 0 Å². The Morgan fingerprint density at radius 3 is 2.66 bits per heavy atom. The van der Waals surface area contributed by atoms with Crippen LogP contribution in [-0.4, -0.2) is 60.0 Å². The van der Waals surface area contributed by atoms with Crippen molar-refractivity contribution in [1.82, 2.24) is 14.8 Å². The van der Waals surface area contributed by atoms with E-state index in [1.807, 2.05) is 24.0 Å². The molecule has 2 fully saturated rings. The fourth-order valence-electron chi connectivity index (χ4n) is 4.42. The van der Waals surface area contributed by atoms with Crippen LogP contribution in [0.15, 0.2) is 36.4 Å². The predicted molar refractivity (Wildman–Crippen MR) is 114 cm³/mol. The monoisotopic (exact) mass is 447 g/mol. The van der Waals surface area contributed by atoms with Gasteiger partial charge in [0.2, 0.25) is 5.91 Å². The molecule has 5 nitrogen and oxygen atoms in total. The number of likely N-dealkylation sites (tertiary alicyclic amines) is 1. The second kappa shape index (κ2) is 9.58. The molecular weight excluding hydrogens is 419 g/mol. The average Bonchev–Trinajstić information content (AvgIpc) is 3.26. The number of alkyl halides is 3. The molecule has 2 saturated heterocycles. The summed E-state index contributed by atoms with van der Waals surface area (Å²) in [6, 6.07) is 9.15. The lowest BCUT2D eigenvalue weighted by Gasteiger charge is -2.34. The van der Waals surface area contributed by atoms with Crippen LogP contribution < -0.4 is 0 Å². The van der Waals surface area contributed by atoms with Crippen molar-refractivity contribution in [3.63, 3.8) is 0 Å². The van der Waals surface area contributed by atoms with Gasteiger partial charge in [0.1, 0.15) is 6.10 Å². The minimum atomic E-state index is -4.36. The third kappa shape index (κ3) is 5.66. The van der Waals surface area contributed by atoms with E-state index in [0.717, 1.165) is 43.3 Å². The Balaban J connectivity index is 1.46. The number of hydrogen-bond acceptors (Lipinski definition) is 4. The Bertz CT molecular complexity index is 958. The van der Waals surface area contributed by atoms with Gasteiger partial charge in [0, 0.05) is 12.2 Å². The average molecular weight is 448 g/mol. The molecule has 1 atom stereocenters. The first kappa shape index (κ1) is 22.7. The number of ether oxygens (including phenoxy) is 1. The van der Waals surface area contributed by atoms with E-state index in [-0.39, 0.29) is 12.0 Å². The molecule has 0 unspecified atom stereocenters. The molecule has 2 aliphatic heterocycles. The molecule has 0 spiro atoms. The van der Waals surface area contributed by atoms with E-state index >= 15 is 0 Å². The van der Waals surface area contributed by atoms with Crippen LogP contribution in [0.1, 0.15) is 47.0 Å². The fraction of sp³-hybridized carbons (Fsp3) is 0.500. The van der Waals surface area contributed by atoms with Crippen molar-refractivity contribution in [3.8, 4) is 0 Å². The van der Waals surface area contributed by atoms with Gasteiger partial charge in [-0.05, 0) is 68.6 Å². The Hall–Kier alpha value is -2.45. The number of rotatable bonds is 5. The number of amides is 1. The summed E-state index contributed by atoms with van der Waals surface area (Å²) in [5, 5.41) is 0. The van der Waals surface area contributed by atoms with Crippen LogP contribution in [0.2, 0.25) is 0 Å². The third-order valence-corrected chi connectivity index (χ3v) is 6.00. The lowest BCUT2D eigenvalue weighted by atomic mass is 10.0. The lowest BCUT2D eigenvalue weighted by molar-refractivity contribution is -0.140. The fourth-order valence-corrected chi connectivity index (χ4v) is 4.42. The molecule has 172 valence electrons. The van der Waals surface area contributed by atoms with Crippen molar-refractivity contribution in [2.45, 2.75) is 38.5 Å². The quantitative estimate of drug-likeness (QED) is 0.695. The third-order valence-electron chi connectivity index (χ3n) is 6.00. The van der Waals surface area contributed by atoms with E-state index in [2.05, 4.69) is 9.88 Å². The minimum Gasteiger partial charge on any atom is -0.368 e. The van der Waals surface area contributed by atoms with E-state index in [1.165, 1.54) is 12.1 Å². The van der Waals surface area contributed by atoms with Gasteiger partial charge in [0.05, 0.1) is 31.0 Å². The summed E-state index contributed by atoms with van der Waals surface area (Å²) in [5.74, 6) is 0.108. The maximum Gasteiger partial charge on any atom is 0.416 e. The molecule has 2 aliphatic rings. The highest BCUT2D eigenvalue weighted by Crippen LogP contribution is 2.30. The highest BCUT2D eigenvalue weighted by Gasteiger charge is 2.31. The summed E-state index contributed by atoms with van der Waals surface area (Å²) in [7, 11) is 0. The molecule has 0 N–H and O–H groups in total. The molecule has 2 aromatic rings. The molecule has 1 aromatic carbocycles. The summed E-state index contributed by atoms with van der Waals surface area (Å²) in [6.07, 6.45) is -2.06. The van der Waals surface area contributed by atoms with Gasteiger partial charge in [-0.1, -0.05) is 18.2 Å². The van der Waals surface area contributed by atoms with Crippen LogP contribution in [0.4, 0.5) is 13.2 Å². The van der Waals surface area contributed by atoms with Crippen molar-refractivity contribution in [1.29, 1.82) is 0 Å². The summed E-state index contributed by atoms with van der Waals surface area (Å²) in [5.41, 5.74) is 2.29. The molecular formula is C24H28F3N3O2. The van der Waals surface area contributed by atoms with E-state index in [1.54, 1.807) is 6.07 Å². The largest absolute Gasteiger partial charge is 0.416 e. The number of aromatic nitrogens is 1. The Morgan fingerprint density at radius 2 is 1.91 bits per heavy atom. The maximum atomic E-state index is 13.0. The predicted octanol–water partition coefficient (Wildman–Crippen LogP) is 4.00. The topological polar surface area (TPSA) is 45.7 Å². The zero-order valence-electron chi connectivity index (χ0n) is 18.2. The van der Waals surface area contributed by atoms with Crippen LogP contribution in [0.25, 0.3) is 0 Å². The molecule has 32 heavy (non-hydrogen) atoms. The van der Waals surface area contributed by atoms with Crippen molar-refractivity contribution >= 4 is 5.91 Å². The van der Waals surface area contributed by atoms with E-state index in [4.69, 9.17) is 4.74 Å². The normalized spacial score (nSPS) is 20.0.